The van der Waals surface area contributed by atoms with E-state index in [1.807, 2.05) is 20.8 Å². The van der Waals surface area contributed by atoms with E-state index >= 15 is 0 Å². The summed E-state index contributed by atoms with van der Waals surface area (Å²) in [5.74, 6) is -1.82. The highest BCUT2D eigenvalue weighted by atomic mass is 19.4. The molecule has 0 aromatic heterocycles. The monoisotopic (exact) mass is 312 g/mol. The van der Waals surface area contributed by atoms with Crippen molar-refractivity contribution in [3.63, 3.8) is 0 Å². The minimum atomic E-state index is -4.58. The molecule has 0 aliphatic heterocycles. The maximum atomic E-state index is 12.0. The third-order valence-corrected chi connectivity index (χ3v) is 3.21. The molecule has 0 rings (SSSR count). The van der Waals surface area contributed by atoms with Gasteiger partial charge in [-0.25, -0.2) is 0 Å². The highest BCUT2D eigenvalue weighted by Crippen LogP contribution is 2.31. The zero-order valence-electron chi connectivity index (χ0n) is 12.9. The minimum absolute atomic E-state index is 0.0392. The number of carbonyl (C=O) groups excluding carboxylic acids is 2. The van der Waals surface area contributed by atoms with Crippen molar-refractivity contribution in [2.45, 2.75) is 65.2 Å². The van der Waals surface area contributed by atoms with E-state index in [4.69, 9.17) is 4.74 Å². The maximum Gasteiger partial charge on any atom is 0.399 e. The average molecular weight is 312 g/mol. The quantitative estimate of drug-likeness (QED) is 0.642. The molecule has 7 heteroatoms. The molecule has 0 aromatic rings. The van der Waals surface area contributed by atoms with Crippen LogP contribution in [0, 0.1) is 5.92 Å². The molecular weight excluding hydrogens is 289 g/mol. The Morgan fingerprint density at radius 2 is 1.71 bits per heavy atom. The van der Waals surface area contributed by atoms with Gasteiger partial charge < -0.3 is 9.47 Å². The van der Waals surface area contributed by atoms with Gasteiger partial charge in [-0.15, -0.1) is 0 Å². The van der Waals surface area contributed by atoms with Crippen molar-refractivity contribution < 1.29 is 32.2 Å². The van der Waals surface area contributed by atoms with Gasteiger partial charge in [-0.2, -0.15) is 13.2 Å². The smallest absolute Gasteiger partial charge is 0.399 e. The van der Waals surface area contributed by atoms with Gasteiger partial charge in [0.1, 0.15) is 12.0 Å². The second-order valence-corrected chi connectivity index (χ2v) is 5.33. The zero-order chi connectivity index (χ0) is 16.7. The molecule has 21 heavy (non-hydrogen) atoms. The van der Waals surface area contributed by atoms with Crippen LogP contribution in [0.3, 0.4) is 0 Å². The van der Waals surface area contributed by atoms with E-state index in [2.05, 4.69) is 4.74 Å². The van der Waals surface area contributed by atoms with Crippen LogP contribution in [0.4, 0.5) is 13.2 Å². The maximum absolute atomic E-state index is 12.0. The SMILES string of the molecule is CCCC(CCOC(=O)CC(F)(F)F)(OC(C)=O)C(C)C. The van der Waals surface area contributed by atoms with Gasteiger partial charge in [0.25, 0.3) is 0 Å². The molecule has 124 valence electrons. The van der Waals surface area contributed by atoms with E-state index in [1.165, 1.54) is 6.92 Å². The predicted molar refractivity (Wildman–Crippen MR) is 70.5 cm³/mol. The van der Waals surface area contributed by atoms with Crippen LogP contribution in [0.25, 0.3) is 0 Å². The Morgan fingerprint density at radius 3 is 2.10 bits per heavy atom. The topological polar surface area (TPSA) is 52.6 Å². The lowest BCUT2D eigenvalue weighted by molar-refractivity contribution is -0.175. The number of halogens is 3. The van der Waals surface area contributed by atoms with Crippen LogP contribution in [0.2, 0.25) is 0 Å². The van der Waals surface area contributed by atoms with E-state index < -0.39 is 30.1 Å². The number of rotatable bonds is 8. The summed E-state index contributed by atoms with van der Waals surface area (Å²) in [6.45, 7) is 6.70. The number of hydrogen-bond acceptors (Lipinski definition) is 4. The van der Waals surface area contributed by atoms with Gasteiger partial charge >= 0.3 is 18.1 Å². The predicted octanol–water partition coefficient (Wildman–Crippen LogP) is 3.63. The van der Waals surface area contributed by atoms with Crippen LogP contribution < -0.4 is 0 Å². The summed E-state index contributed by atoms with van der Waals surface area (Å²) >= 11 is 0. The molecule has 4 nitrogen and oxygen atoms in total. The highest BCUT2D eigenvalue weighted by Gasteiger charge is 2.37. The first-order chi connectivity index (χ1) is 9.52. The standard InChI is InChI=1S/C14H23F3O4/c1-5-6-13(10(2)3,21-11(4)18)7-8-20-12(19)9-14(15,16)17/h10H,5-9H2,1-4H3. The molecule has 0 N–H and O–H groups in total. The van der Waals surface area contributed by atoms with Crippen LogP contribution in [0.5, 0.6) is 0 Å². The molecule has 0 bridgehead atoms. The van der Waals surface area contributed by atoms with Crippen molar-refractivity contribution in [2.24, 2.45) is 5.92 Å². The first kappa shape index (κ1) is 19.7. The summed E-state index contributed by atoms with van der Waals surface area (Å²) in [7, 11) is 0. The van der Waals surface area contributed by atoms with Crippen LogP contribution >= 0.6 is 0 Å². The van der Waals surface area contributed by atoms with E-state index in [0.717, 1.165) is 6.42 Å². The summed E-state index contributed by atoms with van der Waals surface area (Å²) in [4.78, 5) is 22.3. The van der Waals surface area contributed by atoms with Gasteiger partial charge in [0.2, 0.25) is 0 Å². The fourth-order valence-electron chi connectivity index (χ4n) is 2.18. The number of carbonyl (C=O) groups is 2. The molecule has 1 unspecified atom stereocenters. The Bertz CT molecular complexity index is 353. The summed E-state index contributed by atoms with van der Waals surface area (Å²) in [6.07, 6.45) is -4.71. The lowest BCUT2D eigenvalue weighted by atomic mass is 9.83. The lowest BCUT2D eigenvalue weighted by Gasteiger charge is -2.36. The van der Waals surface area contributed by atoms with Gasteiger partial charge in [-0.05, 0) is 12.3 Å². The minimum Gasteiger partial charge on any atom is -0.465 e. The van der Waals surface area contributed by atoms with Crippen molar-refractivity contribution in [1.82, 2.24) is 0 Å². The van der Waals surface area contributed by atoms with Crippen molar-refractivity contribution in [2.75, 3.05) is 6.61 Å². The molecule has 0 fully saturated rings. The Hall–Kier alpha value is -1.27. The van der Waals surface area contributed by atoms with Crippen molar-refractivity contribution in [3.8, 4) is 0 Å². The molecule has 0 heterocycles. The number of hydrogen-bond donors (Lipinski definition) is 0. The number of alkyl halides is 3. The van der Waals surface area contributed by atoms with Gasteiger partial charge in [0.05, 0.1) is 6.61 Å². The largest absolute Gasteiger partial charge is 0.465 e. The zero-order valence-corrected chi connectivity index (χ0v) is 12.9. The van der Waals surface area contributed by atoms with E-state index in [0.29, 0.717) is 6.42 Å². The van der Waals surface area contributed by atoms with Crippen molar-refractivity contribution in [1.29, 1.82) is 0 Å². The molecule has 0 saturated carbocycles. The van der Waals surface area contributed by atoms with Gasteiger partial charge in [0.15, 0.2) is 0 Å². The molecule has 0 aliphatic rings. The molecule has 0 amide bonds. The van der Waals surface area contributed by atoms with E-state index in [1.54, 1.807) is 0 Å². The van der Waals surface area contributed by atoms with Crippen molar-refractivity contribution in [3.05, 3.63) is 0 Å². The Balaban J connectivity index is 4.62. The van der Waals surface area contributed by atoms with Crippen molar-refractivity contribution >= 4 is 11.9 Å². The summed E-state index contributed by atoms with van der Waals surface area (Å²) < 4.78 is 46.0. The normalized spacial score (nSPS) is 14.7. The summed E-state index contributed by atoms with van der Waals surface area (Å²) in [5.41, 5.74) is -0.820. The molecule has 0 radical (unpaired) electrons. The molecule has 0 aromatic carbocycles. The fraction of sp³-hybridized carbons (Fsp3) is 0.857. The molecule has 1 atom stereocenters. The third kappa shape index (κ3) is 7.92. The van der Waals surface area contributed by atoms with Crippen LogP contribution in [-0.4, -0.2) is 30.3 Å². The Labute approximate surface area is 123 Å². The summed E-state index contributed by atoms with van der Waals surface area (Å²) in [5, 5.41) is 0. The van der Waals surface area contributed by atoms with Gasteiger partial charge in [-0.1, -0.05) is 27.2 Å². The average Bonchev–Trinajstić information content (AvgIpc) is 2.25. The highest BCUT2D eigenvalue weighted by molar-refractivity contribution is 5.70. The first-order valence-corrected chi connectivity index (χ1v) is 6.94. The molecule has 0 spiro atoms. The van der Waals surface area contributed by atoms with Crippen LogP contribution in [0.15, 0.2) is 0 Å². The third-order valence-electron chi connectivity index (χ3n) is 3.21. The van der Waals surface area contributed by atoms with Gasteiger partial charge in [-0.3, -0.25) is 9.59 Å². The molecular formula is C14H23F3O4. The lowest BCUT2D eigenvalue weighted by Crippen LogP contribution is -2.41. The summed E-state index contributed by atoms with van der Waals surface area (Å²) in [6, 6.07) is 0. The van der Waals surface area contributed by atoms with Gasteiger partial charge in [0, 0.05) is 13.3 Å². The van der Waals surface area contributed by atoms with Crippen LogP contribution in [-0.2, 0) is 19.1 Å². The molecule has 0 aliphatic carbocycles. The first-order valence-electron chi connectivity index (χ1n) is 6.94. The van der Waals surface area contributed by atoms with E-state index in [9.17, 15) is 22.8 Å². The number of ether oxygens (including phenoxy) is 2. The fourth-order valence-corrected chi connectivity index (χ4v) is 2.18. The second kappa shape index (κ2) is 8.24. The van der Waals surface area contributed by atoms with E-state index in [-0.39, 0.29) is 18.9 Å². The Morgan fingerprint density at radius 1 is 1.14 bits per heavy atom. The van der Waals surface area contributed by atoms with Crippen LogP contribution in [0.1, 0.15) is 53.4 Å². The second-order valence-electron chi connectivity index (χ2n) is 5.33. The molecule has 0 saturated heterocycles. The Kier molecular flexibility index (Phi) is 7.74. The number of esters is 2.